The van der Waals surface area contributed by atoms with Crippen LogP contribution in [0.1, 0.15) is 0 Å². The second-order valence-electron chi connectivity index (χ2n) is 4.78. The van der Waals surface area contributed by atoms with Crippen LogP contribution >= 0.6 is 11.6 Å². The van der Waals surface area contributed by atoms with Crippen molar-refractivity contribution in [1.82, 2.24) is 14.8 Å². The minimum Gasteiger partial charge on any atom is -0.353 e. The summed E-state index contributed by atoms with van der Waals surface area (Å²) >= 11 is 6.11. The number of halogens is 1. The molecule has 0 saturated carbocycles. The summed E-state index contributed by atoms with van der Waals surface area (Å²) < 4.78 is 1.86. The summed E-state index contributed by atoms with van der Waals surface area (Å²) in [6.45, 7) is 1.43. The Balaban J connectivity index is 1.81. The van der Waals surface area contributed by atoms with Gasteiger partial charge in [0, 0.05) is 35.2 Å². The molecule has 1 saturated heterocycles. The van der Waals surface area contributed by atoms with Crippen LogP contribution in [0.15, 0.2) is 30.5 Å². The largest absolute Gasteiger partial charge is 0.353 e. The third kappa shape index (κ3) is 2.36. The highest BCUT2D eigenvalue weighted by Gasteiger charge is 2.21. The number of carbonyl (C=O) groups excluding carboxylic acids is 2. The quantitative estimate of drug-likeness (QED) is 0.905. The zero-order valence-electron chi connectivity index (χ0n) is 10.8. The highest BCUT2D eigenvalue weighted by molar-refractivity contribution is 6.35. The Bertz CT molecular complexity index is 680. The van der Waals surface area contributed by atoms with Crippen LogP contribution < -0.4 is 5.32 Å². The van der Waals surface area contributed by atoms with Gasteiger partial charge in [0.2, 0.25) is 11.8 Å². The SMILES string of the molecule is O=C1CN(C(=O)Cn2ccc3c(Cl)cccc32)CCN1. The summed E-state index contributed by atoms with van der Waals surface area (Å²) in [5.74, 6) is -0.165. The van der Waals surface area contributed by atoms with Gasteiger partial charge in [0.25, 0.3) is 0 Å². The van der Waals surface area contributed by atoms with E-state index >= 15 is 0 Å². The van der Waals surface area contributed by atoms with Gasteiger partial charge in [-0.1, -0.05) is 17.7 Å². The van der Waals surface area contributed by atoms with Crippen molar-refractivity contribution in [2.45, 2.75) is 6.54 Å². The third-order valence-electron chi connectivity index (χ3n) is 3.46. The number of carbonyl (C=O) groups is 2. The molecule has 0 spiro atoms. The fourth-order valence-corrected chi connectivity index (χ4v) is 2.65. The molecule has 6 heteroatoms. The minimum absolute atomic E-state index is 0.0580. The van der Waals surface area contributed by atoms with Gasteiger partial charge in [-0.05, 0) is 18.2 Å². The van der Waals surface area contributed by atoms with Crippen molar-refractivity contribution in [3.8, 4) is 0 Å². The van der Waals surface area contributed by atoms with Crippen LogP contribution in [0.3, 0.4) is 0 Å². The van der Waals surface area contributed by atoms with Crippen LogP contribution in [-0.4, -0.2) is 40.9 Å². The molecule has 5 nitrogen and oxygen atoms in total. The number of nitrogens with zero attached hydrogens (tertiary/aromatic N) is 2. The molecule has 1 fully saturated rings. The summed E-state index contributed by atoms with van der Waals surface area (Å²) in [6, 6.07) is 7.51. The van der Waals surface area contributed by atoms with Gasteiger partial charge < -0.3 is 14.8 Å². The molecule has 1 aliphatic rings. The Kier molecular flexibility index (Phi) is 3.36. The number of benzene rings is 1. The first-order valence-corrected chi connectivity index (χ1v) is 6.81. The van der Waals surface area contributed by atoms with Crippen LogP contribution in [0, 0.1) is 0 Å². The van der Waals surface area contributed by atoms with Gasteiger partial charge in [0.15, 0.2) is 0 Å². The molecule has 0 radical (unpaired) electrons. The fourth-order valence-electron chi connectivity index (χ4n) is 2.42. The number of hydrogen-bond donors (Lipinski definition) is 1. The van der Waals surface area contributed by atoms with Crippen molar-refractivity contribution in [3.63, 3.8) is 0 Å². The van der Waals surface area contributed by atoms with E-state index in [1.54, 1.807) is 4.90 Å². The van der Waals surface area contributed by atoms with Gasteiger partial charge in [-0.25, -0.2) is 0 Å². The summed E-state index contributed by atoms with van der Waals surface area (Å²) in [5, 5.41) is 4.31. The maximum absolute atomic E-state index is 12.2. The monoisotopic (exact) mass is 291 g/mol. The molecule has 0 unspecified atom stereocenters. The van der Waals surface area contributed by atoms with Gasteiger partial charge in [0.1, 0.15) is 6.54 Å². The molecule has 0 atom stereocenters. The number of aromatic nitrogens is 1. The van der Waals surface area contributed by atoms with Gasteiger partial charge in [-0.2, -0.15) is 0 Å². The second kappa shape index (κ2) is 5.17. The molecule has 2 amide bonds. The van der Waals surface area contributed by atoms with E-state index in [4.69, 9.17) is 11.6 Å². The smallest absolute Gasteiger partial charge is 0.243 e. The lowest BCUT2D eigenvalue weighted by atomic mass is 10.2. The van der Waals surface area contributed by atoms with E-state index in [1.807, 2.05) is 35.0 Å². The molecule has 0 aliphatic carbocycles. The van der Waals surface area contributed by atoms with Crippen LogP contribution in [0.2, 0.25) is 5.02 Å². The van der Waals surface area contributed by atoms with E-state index in [1.165, 1.54) is 0 Å². The molecule has 2 heterocycles. The Labute approximate surface area is 121 Å². The van der Waals surface area contributed by atoms with E-state index < -0.39 is 0 Å². The number of hydrogen-bond acceptors (Lipinski definition) is 2. The van der Waals surface area contributed by atoms with Crippen molar-refractivity contribution >= 4 is 34.3 Å². The van der Waals surface area contributed by atoms with E-state index in [9.17, 15) is 9.59 Å². The topological polar surface area (TPSA) is 54.3 Å². The average molecular weight is 292 g/mol. The number of fused-ring (bicyclic) bond motifs is 1. The number of amides is 2. The van der Waals surface area contributed by atoms with Crippen molar-refractivity contribution in [3.05, 3.63) is 35.5 Å². The molecule has 3 rings (SSSR count). The van der Waals surface area contributed by atoms with Crippen LogP contribution in [-0.2, 0) is 16.1 Å². The fraction of sp³-hybridized carbons (Fsp3) is 0.286. The van der Waals surface area contributed by atoms with Crippen LogP contribution in [0.25, 0.3) is 10.9 Å². The summed E-state index contributed by atoms with van der Waals surface area (Å²) in [4.78, 5) is 25.1. The predicted molar refractivity (Wildman–Crippen MR) is 76.5 cm³/mol. The van der Waals surface area contributed by atoms with E-state index in [0.29, 0.717) is 18.1 Å². The van der Waals surface area contributed by atoms with Crippen LogP contribution in [0.4, 0.5) is 0 Å². The first-order valence-electron chi connectivity index (χ1n) is 6.43. The van der Waals surface area contributed by atoms with E-state index in [-0.39, 0.29) is 24.9 Å². The molecule has 1 aliphatic heterocycles. The molecule has 0 bridgehead atoms. The standard InChI is InChI=1S/C14H14ClN3O2/c15-11-2-1-3-12-10(11)4-6-17(12)9-14(20)18-7-5-16-13(19)8-18/h1-4,6H,5,7-9H2,(H,16,19). The first kappa shape index (κ1) is 13.0. The van der Waals surface area contributed by atoms with Crippen molar-refractivity contribution < 1.29 is 9.59 Å². The highest BCUT2D eigenvalue weighted by Crippen LogP contribution is 2.24. The van der Waals surface area contributed by atoms with Crippen molar-refractivity contribution in [1.29, 1.82) is 0 Å². The normalized spacial score (nSPS) is 15.4. The zero-order chi connectivity index (χ0) is 14.1. The Morgan fingerprint density at radius 1 is 1.35 bits per heavy atom. The van der Waals surface area contributed by atoms with E-state index in [2.05, 4.69) is 5.32 Å². The zero-order valence-corrected chi connectivity index (χ0v) is 11.6. The second-order valence-corrected chi connectivity index (χ2v) is 5.19. The van der Waals surface area contributed by atoms with Gasteiger partial charge >= 0.3 is 0 Å². The number of rotatable bonds is 2. The lowest BCUT2D eigenvalue weighted by Crippen LogP contribution is -2.50. The Morgan fingerprint density at radius 3 is 3.00 bits per heavy atom. The van der Waals surface area contributed by atoms with Gasteiger partial charge in [-0.3, -0.25) is 9.59 Å². The molecule has 104 valence electrons. The number of nitrogens with one attached hydrogen (secondary N) is 1. The van der Waals surface area contributed by atoms with Gasteiger partial charge in [0.05, 0.1) is 6.54 Å². The van der Waals surface area contributed by atoms with Crippen LogP contribution in [0.5, 0.6) is 0 Å². The first-order chi connectivity index (χ1) is 9.65. The third-order valence-corrected chi connectivity index (χ3v) is 3.79. The molecule has 2 aromatic rings. The Hall–Kier alpha value is -2.01. The molecule has 1 N–H and O–H groups in total. The summed E-state index contributed by atoms with van der Waals surface area (Å²) in [7, 11) is 0. The highest BCUT2D eigenvalue weighted by atomic mass is 35.5. The van der Waals surface area contributed by atoms with Gasteiger partial charge in [-0.15, -0.1) is 0 Å². The van der Waals surface area contributed by atoms with Crippen molar-refractivity contribution in [2.24, 2.45) is 0 Å². The molecular formula is C14H14ClN3O2. The van der Waals surface area contributed by atoms with Crippen molar-refractivity contribution in [2.75, 3.05) is 19.6 Å². The lowest BCUT2D eigenvalue weighted by molar-refractivity contribution is -0.138. The molecule has 20 heavy (non-hydrogen) atoms. The number of piperazine rings is 1. The predicted octanol–water partition coefficient (Wildman–Crippen LogP) is 1.25. The summed E-state index contributed by atoms with van der Waals surface area (Å²) in [5.41, 5.74) is 0.923. The maximum atomic E-state index is 12.2. The maximum Gasteiger partial charge on any atom is 0.243 e. The molecule has 1 aromatic heterocycles. The lowest BCUT2D eigenvalue weighted by Gasteiger charge is -2.26. The molecule has 1 aromatic carbocycles. The minimum atomic E-state index is -0.106. The average Bonchev–Trinajstić information content (AvgIpc) is 2.83. The Morgan fingerprint density at radius 2 is 2.20 bits per heavy atom. The molecular weight excluding hydrogens is 278 g/mol. The van der Waals surface area contributed by atoms with E-state index in [0.717, 1.165) is 10.9 Å². The summed E-state index contributed by atoms with van der Waals surface area (Å²) in [6.07, 6.45) is 1.85.